The maximum Gasteiger partial charge on any atom is 0.217 e. The number of hydrogen-bond donors (Lipinski definition) is 1. The Balaban J connectivity index is 3.94. The third-order valence-corrected chi connectivity index (χ3v) is 1.52. The van der Waals surface area contributed by atoms with E-state index in [4.69, 9.17) is 0 Å². The van der Waals surface area contributed by atoms with Gasteiger partial charge in [0.2, 0.25) is 5.91 Å². The van der Waals surface area contributed by atoms with Crippen molar-refractivity contribution in [2.24, 2.45) is 0 Å². The largest absolute Gasteiger partial charge is 0.347 e. The molecule has 11 heavy (non-hydrogen) atoms. The number of ketones is 1. The zero-order valence-corrected chi connectivity index (χ0v) is 7.31. The minimum atomic E-state index is -0.280. The molecule has 0 aromatic heterocycles. The Kier molecular flexibility index (Phi) is 4.50. The van der Waals surface area contributed by atoms with Gasteiger partial charge >= 0.3 is 0 Å². The van der Waals surface area contributed by atoms with Gasteiger partial charge in [0, 0.05) is 13.3 Å². The Hall–Kier alpha value is -0.860. The fourth-order valence-corrected chi connectivity index (χ4v) is 0.902. The highest BCUT2D eigenvalue weighted by atomic mass is 16.2. The topological polar surface area (TPSA) is 46.2 Å². The predicted octanol–water partition coefficient (Wildman–Crippen LogP) is 0.880. The number of carbonyl (C=O) groups is 2. The molecule has 0 aromatic carbocycles. The van der Waals surface area contributed by atoms with Gasteiger partial charge in [-0.1, -0.05) is 13.8 Å². The zero-order valence-electron chi connectivity index (χ0n) is 7.31. The molecular formula is C8H15NO2. The van der Waals surface area contributed by atoms with Crippen LogP contribution in [0.4, 0.5) is 0 Å². The summed E-state index contributed by atoms with van der Waals surface area (Å²) in [6.45, 7) is 5.10. The first-order valence-corrected chi connectivity index (χ1v) is 3.91. The highest BCUT2D eigenvalue weighted by molar-refractivity contribution is 5.88. The molecule has 0 rings (SSSR count). The Morgan fingerprint density at radius 1 is 1.36 bits per heavy atom. The van der Waals surface area contributed by atoms with Crippen molar-refractivity contribution in [2.75, 3.05) is 0 Å². The summed E-state index contributed by atoms with van der Waals surface area (Å²) in [6.07, 6.45) is 1.16. The highest BCUT2D eigenvalue weighted by Crippen LogP contribution is 1.95. The maximum atomic E-state index is 11.1. The molecule has 0 saturated carbocycles. The molecule has 0 aliphatic heterocycles. The predicted molar refractivity (Wildman–Crippen MR) is 43.2 cm³/mol. The van der Waals surface area contributed by atoms with Crippen molar-refractivity contribution < 1.29 is 9.59 Å². The molecule has 3 heteroatoms. The molecule has 64 valence electrons. The minimum Gasteiger partial charge on any atom is -0.347 e. The molecule has 1 atom stereocenters. The Morgan fingerprint density at radius 3 is 2.18 bits per heavy atom. The molecule has 0 fully saturated rings. The number of carbonyl (C=O) groups excluding carboxylic acids is 2. The number of Topliss-reactive ketones (excluding diaryl/α,β-unsaturated/α-hetero) is 1. The van der Waals surface area contributed by atoms with Crippen LogP contribution < -0.4 is 5.32 Å². The van der Waals surface area contributed by atoms with Crippen molar-refractivity contribution in [2.45, 2.75) is 39.7 Å². The molecule has 0 saturated heterocycles. The second kappa shape index (κ2) is 4.88. The van der Waals surface area contributed by atoms with E-state index >= 15 is 0 Å². The van der Waals surface area contributed by atoms with Crippen molar-refractivity contribution in [1.29, 1.82) is 0 Å². The molecular weight excluding hydrogens is 142 g/mol. The van der Waals surface area contributed by atoms with Crippen LogP contribution in [0.1, 0.15) is 33.6 Å². The molecule has 1 amide bonds. The monoisotopic (exact) mass is 157 g/mol. The number of nitrogens with one attached hydrogen (secondary N) is 1. The third kappa shape index (κ3) is 3.75. The van der Waals surface area contributed by atoms with Crippen molar-refractivity contribution in [3.8, 4) is 0 Å². The summed E-state index contributed by atoms with van der Waals surface area (Å²) in [7, 11) is 0. The second-order valence-electron chi connectivity index (χ2n) is 2.48. The van der Waals surface area contributed by atoms with Gasteiger partial charge < -0.3 is 5.32 Å². The van der Waals surface area contributed by atoms with Crippen LogP contribution in [0, 0.1) is 0 Å². The highest BCUT2D eigenvalue weighted by Gasteiger charge is 2.14. The minimum absolute atomic E-state index is 0.0997. The molecule has 0 unspecified atom stereocenters. The molecule has 0 aromatic rings. The Morgan fingerprint density at radius 2 is 1.91 bits per heavy atom. The van der Waals surface area contributed by atoms with Crippen molar-refractivity contribution in [3.05, 3.63) is 0 Å². The number of hydrogen-bond acceptors (Lipinski definition) is 2. The van der Waals surface area contributed by atoms with E-state index in [2.05, 4.69) is 5.32 Å². The quantitative estimate of drug-likeness (QED) is 0.658. The van der Waals surface area contributed by atoms with Crippen molar-refractivity contribution in [3.63, 3.8) is 0 Å². The maximum absolute atomic E-state index is 11.1. The summed E-state index contributed by atoms with van der Waals surface area (Å²) in [5.74, 6) is -0.0404. The summed E-state index contributed by atoms with van der Waals surface area (Å²) in [6, 6.07) is -0.280. The lowest BCUT2D eigenvalue weighted by atomic mass is 10.1. The van der Waals surface area contributed by atoms with Crippen LogP contribution in [-0.4, -0.2) is 17.7 Å². The summed E-state index contributed by atoms with van der Waals surface area (Å²) in [4.78, 5) is 21.6. The van der Waals surface area contributed by atoms with E-state index in [9.17, 15) is 9.59 Å². The van der Waals surface area contributed by atoms with E-state index in [0.717, 1.165) is 0 Å². The van der Waals surface area contributed by atoms with Crippen LogP contribution in [-0.2, 0) is 9.59 Å². The van der Waals surface area contributed by atoms with Crippen molar-refractivity contribution in [1.82, 2.24) is 5.32 Å². The van der Waals surface area contributed by atoms with E-state index in [1.54, 1.807) is 6.92 Å². The van der Waals surface area contributed by atoms with E-state index in [-0.39, 0.29) is 17.7 Å². The number of amides is 1. The Bertz CT molecular complexity index is 154. The van der Waals surface area contributed by atoms with Gasteiger partial charge in [-0.2, -0.15) is 0 Å². The molecule has 0 spiro atoms. The zero-order chi connectivity index (χ0) is 8.85. The standard InChI is InChI=1S/C8H15NO2/c1-4-7(8(11)5-2)9-6(3)10/h7H,4-5H2,1-3H3,(H,9,10)/t7-/m0/s1. The lowest BCUT2D eigenvalue weighted by Gasteiger charge is -2.12. The normalized spacial score (nSPS) is 12.3. The fraction of sp³-hybridized carbons (Fsp3) is 0.750. The molecule has 3 nitrogen and oxygen atoms in total. The summed E-state index contributed by atoms with van der Waals surface area (Å²) in [5.41, 5.74) is 0. The first kappa shape index (κ1) is 10.1. The smallest absolute Gasteiger partial charge is 0.217 e. The van der Waals surface area contributed by atoms with Crippen LogP contribution >= 0.6 is 0 Å². The van der Waals surface area contributed by atoms with E-state index < -0.39 is 0 Å². The molecule has 0 aliphatic rings. The van der Waals surface area contributed by atoms with Gasteiger partial charge in [0.25, 0.3) is 0 Å². The molecule has 0 heterocycles. The molecule has 0 bridgehead atoms. The average Bonchev–Trinajstić information content (AvgIpc) is 1.98. The van der Waals surface area contributed by atoms with Crippen LogP contribution in [0.15, 0.2) is 0 Å². The van der Waals surface area contributed by atoms with Crippen molar-refractivity contribution >= 4 is 11.7 Å². The lowest BCUT2D eigenvalue weighted by Crippen LogP contribution is -2.38. The van der Waals surface area contributed by atoms with Crippen LogP contribution in [0.25, 0.3) is 0 Å². The average molecular weight is 157 g/mol. The van der Waals surface area contributed by atoms with Gasteiger partial charge in [-0.05, 0) is 6.42 Å². The van der Waals surface area contributed by atoms with E-state index in [1.807, 2.05) is 6.92 Å². The molecule has 1 N–H and O–H groups in total. The SMILES string of the molecule is CCC(=O)[C@H](CC)NC(C)=O. The first-order valence-electron chi connectivity index (χ1n) is 3.91. The third-order valence-electron chi connectivity index (χ3n) is 1.52. The summed E-state index contributed by atoms with van der Waals surface area (Å²) in [5, 5.41) is 2.59. The van der Waals surface area contributed by atoms with Crippen LogP contribution in [0.2, 0.25) is 0 Å². The van der Waals surface area contributed by atoms with Gasteiger partial charge in [-0.25, -0.2) is 0 Å². The van der Waals surface area contributed by atoms with Crippen LogP contribution in [0.5, 0.6) is 0 Å². The van der Waals surface area contributed by atoms with Gasteiger partial charge in [0.05, 0.1) is 6.04 Å². The fourth-order valence-electron chi connectivity index (χ4n) is 0.902. The summed E-state index contributed by atoms with van der Waals surface area (Å²) < 4.78 is 0. The van der Waals surface area contributed by atoms with Crippen LogP contribution in [0.3, 0.4) is 0 Å². The molecule has 0 radical (unpaired) electrons. The van der Waals surface area contributed by atoms with Gasteiger partial charge in [0.15, 0.2) is 5.78 Å². The Labute approximate surface area is 67.2 Å². The summed E-state index contributed by atoms with van der Waals surface area (Å²) >= 11 is 0. The second-order valence-corrected chi connectivity index (χ2v) is 2.48. The molecule has 0 aliphatic carbocycles. The lowest BCUT2D eigenvalue weighted by molar-refractivity contribution is -0.126. The van der Waals surface area contributed by atoms with Gasteiger partial charge in [-0.15, -0.1) is 0 Å². The van der Waals surface area contributed by atoms with E-state index in [1.165, 1.54) is 6.92 Å². The first-order chi connectivity index (χ1) is 5.11. The number of rotatable bonds is 4. The van der Waals surface area contributed by atoms with Gasteiger partial charge in [0.1, 0.15) is 0 Å². The van der Waals surface area contributed by atoms with Gasteiger partial charge in [-0.3, -0.25) is 9.59 Å². The van der Waals surface area contributed by atoms with E-state index in [0.29, 0.717) is 12.8 Å².